The van der Waals surface area contributed by atoms with E-state index in [4.69, 9.17) is 25.8 Å². The van der Waals surface area contributed by atoms with Crippen LogP contribution in [-0.4, -0.2) is 38.2 Å². The molecule has 1 unspecified atom stereocenters. The summed E-state index contributed by atoms with van der Waals surface area (Å²) in [4.78, 5) is 14.7. The van der Waals surface area contributed by atoms with Gasteiger partial charge >= 0.3 is 0 Å². The summed E-state index contributed by atoms with van der Waals surface area (Å²) in [6, 6.07) is 11.0. The van der Waals surface area contributed by atoms with E-state index in [2.05, 4.69) is 0 Å². The molecule has 1 heterocycles. The van der Waals surface area contributed by atoms with Crippen LogP contribution in [0.3, 0.4) is 0 Å². The van der Waals surface area contributed by atoms with Crippen molar-refractivity contribution in [2.75, 3.05) is 27.4 Å². The molecule has 6 heteroatoms. The first-order valence-electron chi connectivity index (χ1n) is 8.94. The number of aryl methyl sites for hydroxylation is 1. The third-order valence-electron chi connectivity index (χ3n) is 4.86. The molecule has 3 rings (SSSR count). The smallest absolute Gasteiger partial charge is 0.261 e. The molecule has 0 N–H and O–H groups in total. The zero-order chi connectivity index (χ0) is 19.4. The fourth-order valence-corrected chi connectivity index (χ4v) is 3.71. The highest BCUT2D eigenvalue weighted by molar-refractivity contribution is 6.30. The van der Waals surface area contributed by atoms with Crippen LogP contribution in [0.1, 0.15) is 30.0 Å². The quantitative estimate of drug-likeness (QED) is 0.734. The summed E-state index contributed by atoms with van der Waals surface area (Å²) in [7, 11) is 3.27. The summed E-state index contributed by atoms with van der Waals surface area (Å²) >= 11 is 5.97. The van der Waals surface area contributed by atoms with Crippen molar-refractivity contribution in [3.05, 3.63) is 52.5 Å². The predicted octanol–water partition coefficient (Wildman–Crippen LogP) is 4.41. The van der Waals surface area contributed by atoms with Gasteiger partial charge in [0.15, 0.2) is 6.61 Å². The number of rotatable bonds is 6. The average Bonchev–Trinajstić information content (AvgIpc) is 3.16. The summed E-state index contributed by atoms with van der Waals surface area (Å²) in [5, 5.41) is 0.649. The molecule has 5 nitrogen and oxygen atoms in total. The van der Waals surface area contributed by atoms with E-state index in [1.54, 1.807) is 26.4 Å². The normalized spacial score (nSPS) is 16.3. The van der Waals surface area contributed by atoms with Gasteiger partial charge in [-0.3, -0.25) is 4.79 Å². The molecular formula is C21H24ClNO4. The Morgan fingerprint density at radius 1 is 1.15 bits per heavy atom. The molecule has 1 saturated heterocycles. The van der Waals surface area contributed by atoms with Crippen LogP contribution in [0.25, 0.3) is 0 Å². The van der Waals surface area contributed by atoms with Crippen LogP contribution < -0.4 is 14.2 Å². The predicted molar refractivity (Wildman–Crippen MR) is 105 cm³/mol. The number of hydrogen-bond donors (Lipinski definition) is 0. The van der Waals surface area contributed by atoms with E-state index < -0.39 is 0 Å². The van der Waals surface area contributed by atoms with Crippen LogP contribution in [-0.2, 0) is 4.79 Å². The van der Waals surface area contributed by atoms with Gasteiger partial charge in [-0.2, -0.15) is 0 Å². The molecule has 0 bridgehead atoms. The lowest BCUT2D eigenvalue weighted by Crippen LogP contribution is -2.34. The lowest BCUT2D eigenvalue weighted by atomic mass is 10.0. The molecule has 27 heavy (non-hydrogen) atoms. The summed E-state index contributed by atoms with van der Waals surface area (Å²) in [6.07, 6.45) is 1.83. The lowest BCUT2D eigenvalue weighted by molar-refractivity contribution is -0.134. The molecule has 0 aliphatic carbocycles. The molecule has 0 aromatic heterocycles. The molecule has 0 radical (unpaired) electrons. The zero-order valence-electron chi connectivity index (χ0n) is 15.8. The van der Waals surface area contributed by atoms with Crippen molar-refractivity contribution in [3.63, 3.8) is 0 Å². The minimum Gasteiger partial charge on any atom is -0.497 e. The fourth-order valence-electron chi connectivity index (χ4n) is 3.49. The van der Waals surface area contributed by atoms with E-state index in [1.807, 2.05) is 36.1 Å². The van der Waals surface area contributed by atoms with Crippen molar-refractivity contribution in [1.29, 1.82) is 0 Å². The molecule has 2 aromatic rings. The lowest BCUT2D eigenvalue weighted by Gasteiger charge is -2.26. The fraction of sp³-hybridized carbons (Fsp3) is 0.381. The maximum Gasteiger partial charge on any atom is 0.261 e. The first-order valence-corrected chi connectivity index (χ1v) is 9.31. The zero-order valence-corrected chi connectivity index (χ0v) is 16.6. The van der Waals surface area contributed by atoms with Gasteiger partial charge in [-0.1, -0.05) is 11.6 Å². The first-order chi connectivity index (χ1) is 13.0. The van der Waals surface area contributed by atoms with Gasteiger partial charge in [-0.05, 0) is 61.7 Å². The van der Waals surface area contributed by atoms with E-state index in [1.165, 1.54) is 0 Å². The number of carbonyl (C=O) groups excluding carboxylic acids is 1. The molecule has 0 spiro atoms. The first kappa shape index (κ1) is 19.4. The summed E-state index contributed by atoms with van der Waals surface area (Å²) in [6.45, 7) is 2.60. The molecule has 1 aliphatic heterocycles. The Morgan fingerprint density at radius 2 is 1.93 bits per heavy atom. The molecule has 1 aliphatic rings. The van der Waals surface area contributed by atoms with Gasteiger partial charge < -0.3 is 19.1 Å². The maximum absolute atomic E-state index is 12.8. The third-order valence-corrected chi connectivity index (χ3v) is 5.09. The molecule has 2 aromatic carbocycles. The van der Waals surface area contributed by atoms with Gasteiger partial charge in [0.05, 0.1) is 20.3 Å². The van der Waals surface area contributed by atoms with E-state index >= 15 is 0 Å². The Labute approximate surface area is 164 Å². The third kappa shape index (κ3) is 4.30. The second-order valence-corrected chi connectivity index (χ2v) is 6.99. The Bertz CT molecular complexity index is 824. The highest BCUT2D eigenvalue weighted by Crippen LogP contribution is 2.39. The Kier molecular flexibility index (Phi) is 6.11. The van der Waals surface area contributed by atoms with Crippen LogP contribution in [0.5, 0.6) is 17.2 Å². The largest absolute Gasteiger partial charge is 0.497 e. The van der Waals surface area contributed by atoms with Gasteiger partial charge in [0.1, 0.15) is 17.2 Å². The number of nitrogens with zero attached hydrogens (tertiary/aromatic N) is 1. The Hall–Kier alpha value is -2.40. The SMILES string of the molecule is COc1ccc(OC)c(C2CCCN2C(=O)COc2ccc(Cl)cc2C)c1. The van der Waals surface area contributed by atoms with Crippen molar-refractivity contribution >= 4 is 17.5 Å². The maximum atomic E-state index is 12.8. The second kappa shape index (κ2) is 8.53. The van der Waals surface area contributed by atoms with E-state index in [-0.39, 0.29) is 18.6 Å². The molecule has 0 saturated carbocycles. The summed E-state index contributed by atoms with van der Waals surface area (Å²) in [5.74, 6) is 2.13. The number of hydrogen-bond acceptors (Lipinski definition) is 4. The molecular weight excluding hydrogens is 366 g/mol. The average molecular weight is 390 g/mol. The molecule has 1 fully saturated rings. The number of ether oxygens (including phenoxy) is 3. The van der Waals surface area contributed by atoms with Crippen molar-refractivity contribution in [2.24, 2.45) is 0 Å². The highest BCUT2D eigenvalue weighted by atomic mass is 35.5. The van der Waals surface area contributed by atoms with E-state index in [9.17, 15) is 4.79 Å². The second-order valence-electron chi connectivity index (χ2n) is 6.55. The van der Waals surface area contributed by atoms with Gasteiger partial charge in [0.2, 0.25) is 0 Å². The number of carbonyl (C=O) groups is 1. The number of amides is 1. The Balaban J connectivity index is 1.75. The minimum atomic E-state index is -0.0447. The van der Waals surface area contributed by atoms with Crippen molar-refractivity contribution < 1.29 is 19.0 Å². The van der Waals surface area contributed by atoms with E-state index in [0.29, 0.717) is 17.3 Å². The minimum absolute atomic E-state index is 0.00867. The van der Waals surface area contributed by atoms with Crippen LogP contribution in [0.15, 0.2) is 36.4 Å². The van der Waals surface area contributed by atoms with Crippen molar-refractivity contribution in [1.82, 2.24) is 4.90 Å². The number of likely N-dealkylation sites (tertiary alicyclic amines) is 1. The van der Waals surface area contributed by atoms with E-state index in [0.717, 1.165) is 35.5 Å². The topological polar surface area (TPSA) is 48.0 Å². The number of halogens is 1. The number of methoxy groups -OCH3 is 2. The van der Waals surface area contributed by atoms with Gasteiger partial charge in [-0.25, -0.2) is 0 Å². The standard InChI is InChI=1S/C21H24ClNO4/c1-14-11-15(22)6-8-19(14)27-13-21(24)23-10-4-5-18(23)17-12-16(25-2)7-9-20(17)26-3/h6-9,11-12,18H,4-5,10,13H2,1-3H3. The monoisotopic (exact) mass is 389 g/mol. The molecule has 1 atom stereocenters. The summed E-state index contributed by atoms with van der Waals surface area (Å²) < 4.78 is 16.6. The van der Waals surface area contributed by atoms with Crippen molar-refractivity contribution in [3.8, 4) is 17.2 Å². The van der Waals surface area contributed by atoms with Crippen LogP contribution in [0.2, 0.25) is 5.02 Å². The summed E-state index contributed by atoms with van der Waals surface area (Å²) in [5.41, 5.74) is 1.87. The van der Waals surface area contributed by atoms with Crippen LogP contribution >= 0.6 is 11.6 Å². The number of benzene rings is 2. The van der Waals surface area contributed by atoms with Crippen LogP contribution in [0, 0.1) is 6.92 Å². The highest BCUT2D eigenvalue weighted by Gasteiger charge is 2.32. The molecule has 1 amide bonds. The van der Waals surface area contributed by atoms with Gasteiger partial charge in [0, 0.05) is 17.1 Å². The van der Waals surface area contributed by atoms with Crippen molar-refractivity contribution in [2.45, 2.75) is 25.8 Å². The van der Waals surface area contributed by atoms with Gasteiger partial charge in [-0.15, -0.1) is 0 Å². The molecule has 144 valence electrons. The van der Waals surface area contributed by atoms with Gasteiger partial charge in [0.25, 0.3) is 5.91 Å². The Morgan fingerprint density at radius 3 is 2.63 bits per heavy atom. The van der Waals surface area contributed by atoms with Crippen LogP contribution in [0.4, 0.5) is 0 Å².